The smallest absolute Gasteiger partial charge is 0.419 e. The normalized spacial score (nSPS) is 17.5. The number of aromatic amines is 1. The Morgan fingerprint density at radius 3 is 1.81 bits per heavy atom. The summed E-state index contributed by atoms with van der Waals surface area (Å²) in [5.41, 5.74) is 8.98. The fraction of sp³-hybridized carbons (Fsp3) is 0.367. The number of para-hydroxylation sites is 2. The largest absolute Gasteiger partial charge is 0.443 e. The van der Waals surface area contributed by atoms with Crippen LogP contribution >= 0.6 is 0 Å². The maximum Gasteiger partial charge on any atom is 0.419 e. The third kappa shape index (κ3) is 10.2. The Morgan fingerprint density at radius 2 is 1.23 bits per heavy atom. The molecule has 4 heterocycles. The molecule has 2 atom stereocenters. The summed E-state index contributed by atoms with van der Waals surface area (Å²) < 4.78 is 7.25. The Hall–Kier alpha value is -5.31. The molecule has 1 N–H and O–H groups in total. The zero-order valence-corrected chi connectivity index (χ0v) is 34.1. The number of ether oxygens (including phenoxy) is 1. The van der Waals surface area contributed by atoms with E-state index in [0.717, 1.165) is 73.3 Å². The standard InChI is InChI=1S/C27H32N2O3.C22H24N2O/c1-19(30)14-20-8-7-9-21(15-20)22-12-13-28(16-22)17-23-18-29(26(31)32-27(2,3)4)25-11-6-5-10-24(23)25;1-16(25)11-17-5-4-6-18(12-17)19-9-10-24(14-19)15-20-13-23-22-8-3-2-7-21(20)22/h5-11,15,18,22H,12-14,16-17H2,1-4H3;2-8,12-13,19,23H,9-11,14-15H2,1H3. The third-order valence-electron chi connectivity index (χ3n) is 11.1. The van der Waals surface area contributed by atoms with Crippen molar-refractivity contribution in [1.29, 1.82) is 0 Å². The van der Waals surface area contributed by atoms with Gasteiger partial charge in [0.2, 0.25) is 0 Å². The van der Waals surface area contributed by atoms with Crippen LogP contribution in [0.1, 0.15) is 92.7 Å². The fourth-order valence-electron chi connectivity index (χ4n) is 8.57. The number of ketones is 2. The summed E-state index contributed by atoms with van der Waals surface area (Å²) in [6, 6.07) is 33.5. The van der Waals surface area contributed by atoms with Crippen molar-refractivity contribution in [2.75, 3.05) is 26.2 Å². The molecular weight excluding hydrogens is 709 g/mol. The van der Waals surface area contributed by atoms with Crippen molar-refractivity contribution in [2.45, 2.75) is 90.8 Å². The monoisotopic (exact) mass is 764 g/mol. The van der Waals surface area contributed by atoms with Crippen molar-refractivity contribution in [2.24, 2.45) is 0 Å². The maximum absolute atomic E-state index is 12.8. The molecule has 0 bridgehead atoms. The highest BCUT2D eigenvalue weighted by Crippen LogP contribution is 2.32. The summed E-state index contributed by atoms with van der Waals surface area (Å²) in [5, 5.41) is 2.42. The number of hydrogen-bond acceptors (Lipinski definition) is 6. The van der Waals surface area contributed by atoms with Crippen LogP contribution in [0, 0.1) is 0 Å². The number of Topliss-reactive ketones (excluding diaryl/α,β-unsaturated/α-hetero) is 2. The number of fused-ring (bicyclic) bond motifs is 2. The van der Waals surface area contributed by atoms with Gasteiger partial charge >= 0.3 is 6.09 Å². The number of hydrogen-bond donors (Lipinski definition) is 1. The SMILES string of the molecule is CC(=O)Cc1cccc(C2CCN(Cc3c[nH]c4ccccc34)C2)c1.CC(=O)Cc1cccc(C2CCN(Cc3cn(C(=O)OC(C)(C)C)c4ccccc34)C2)c1. The first-order valence-electron chi connectivity index (χ1n) is 20.4. The average Bonchev–Trinajstić information content (AvgIpc) is 3.99. The Kier molecular flexibility index (Phi) is 12.2. The van der Waals surface area contributed by atoms with Crippen molar-refractivity contribution < 1.29 is 19.1 Å². The van der Waals surface area contributed by atoms with Gasteiger partial charge in [-0.15, -0.1) is 0 Å². The lowest BCUT2D eigenvalue weighted by atomic mass is 9.95. The van der Waals surface area contributed by atoms with Gasteiger partial charge in [-0.2, -0.15) is 0 Å². The minimum absolute atomic E-state index is 0.191. The van der Waals surface area contributed by atoms with E-state index < -0.39 is 5.60 Å². The van der Waals surface area contributed by atoms with E-state index in [9.17, 15) is 14.4 Å². The van der Waals surface area contributed by atoms with E-state index in [2.05, 4.69) is 93.8 Å². The van der Waals surface area contributed by atoms with Crippen LogP contribution in [0.5, 0.6) is 0 Å². The molecule has 0 aliphatic carbocycles. The van der Waals surface area contributed by atoms with Gasteiger partial charge in [0.15, 0.2) is 0 Å². The molecule has 2 saturated heterocycles. The highest BCUT2D eigenvalue weighted by atomic mass is 16.6. The zero-order valence-electron chi connectivity index (χ0n) is 34.1. The summed E-state index contributed by atoms with van der Waals surface area (Å²) in [4.78, 5) is 44.0. The molecule has 0 amide bonds. The molecule has 2 aliphatic rings. The third-order valence-corrected chi connectivity index (χ3v) is 11.1. The van der Waals surface area contributed by atoms with Gasteiger partial charge in [0.05, 0.1) is 5.52 Å². The van der Waals surface area contributed by atoms with Crippen LogP contribution < -0.4 is 0 Å². The number of carbonyl (C=O) groups is 3. The van der Waals surface area contributed by atoms with Crippen LogP contribution in [0.3, 0.4) is 0 Å². The van der Waals surface area contributed by atoms with Gasteiger partial charge in [-0.05, 0) is 118 Å². The molecule has 296 valence electrons. The second kappa shape index (κ2) is 17.5. The topological polar surface area (TPSA) is 87.6 Å². The molecule has 2 aromatic heterocycles. The van der Waals surface area contributed by atoms with Crippen molar-refractivity contribution in [1.82, 2.24) is 19.4 Å². The average molecular weight is 765 g/mol. The van der Waals surface area contributed by atoms with Crippen molar-refractivity contribution in [3.8, 4) is 0 Å². The Bertz CT molecular complexity index is 2360. The molecule has 2 unspecified atom stereocenters. The second-order valence-electron chi connectivity index (χ2n) is 17.1. The van der Waals surface area contributed by atoms with Gasteiger partial charge in [0.25, 0.3) is 0 Å². The molecule has 8 heteroatoms. The van der Waals surface area contributed by atoms with Crippen LogP contribution in [0.2, 0.25) is 0 Å². The van der Waals surface area contributed by atoms with Gasteiger partial charge < -0.3 is 9.72 Å². The molecule has 0 radical (unpaired) electrons. The summed E-state index contributed by atoms with van der Waals surface area (Å²) >= 11 is 0. The number of aromatic nitrogens is 2. The van der Waals surface area contributed by atoms with Crippen molar-refractivity contribution >= 4 is 39.5 Å². The molecule has 8 rings (SSSR count). The molecule has 2 fully saturated rings. The van der Waals surface area contributed by atoms with Crippen LogP contribution in [0.4, 0.5) is 4.79 Å². The summed E-state index contributed by atoms with van der Waals surface area (Å²) in [7, 11) is 0. The number of benzene rings is 4. The van der Waals surface area contributed by atoms with Gasteiger partial charge in [0, 0.05) is 67.7 Å². The van der Waals surface area contributed by atoms with E-state index in [4.69, 9.17) is 4.74 Å². The summed E-state index contributed by atoms with van der Waals surface area (Å²) in [5.74, 6) is 1.44. The van der Waals surface area contributed by atoms with Gasteiger partial charge in [-0.25, -0.2) is 4.79 Å². The zero-order chi connectivity index (χ0) is 40.1. The lowest BCUT2D eigenvalue weighted by Gasteiger charge is -2.19. The molecule has 6 aromatic rings. The first-order chi connectivity index (χ1) is 27.4. The van der Waals surface area contributed by atoms with Gasteiger partial charge in [-0.3, -0.25) is 24.0 Å². The van der Waals surface area contributed by atoms with Gasteiger partial charge in [0.1, 0.15) is 17.2 Å². The van der Waals surface area contributed by atoms with Crippen molar-refractivity contribution in [3.63, 3.8) is 0 Å². The molecule has 4 aromatic carbocycles. The number of rotatable bonds is 10. The molecular formula is C49H56N4O4. The number of H-pyrrole nitrogens is 1. The minimum atomic E-state index is -0.540. The highest BCUT2D eigenvalue weighted by molar-refractivity contribution is 5.92. The summed E-state index contributed by atoms with van der Waals surface area (Å²) in [6.07, 6.45) is 7.04. The molecule has 8 nitrogen and oxygen atoms in total. The van der Waals surface area contributed by atoms with Crippen LogP contribution in [0.25, 0.3) is 21.8 Å². The maximum atomic E-state index is 12.8. The molecule has 2 aliphatic heterocycles. The van der Waals surface area contributed by atoms with E-state index in [1.165, 1.54) is 34.0 Å². The minimum Gasteiger partial charge on any atom is -0.443 e. The fourth-order valence-corrected chi connectivity index (χ4v) is 8.57. The Morgan fingerprint density at radius 1 is 0.684 bits per heavy atom. The van der Waals surface area contributed by atoms with Crippen LogP contribution in [0.15, 0.2) is 109 Å². The van der Waals surface area contributed by atoms with E-state index >= 15 is 0 Å². The predicted molar refractivity (Wildman–Crippen MR) is 229 cm³/mol. The first-order valence-corrected chi connectivity index (χ1v) is 20.4. The van der Waals surface area contributed by atoms with Gasteiger partial charge in [-0.1, -0.05) is 84.9 Å². The van der Waals surface area contributed by atoms with Crippen LogP contribution in [-0.2, 0) is 40.3 Å². The predicted octanol–water partition coefficient (Wildman–Crippen LogP) is 9.83. The number of carbonyl (C=O) groups excluding carboxylic acids is 3. The summed E-state index contributed by atoms with van der Waals surface area (Å²) in [6.45, 7) is 14.9. The number of nitrogens with zero attached hydrogens (tertiary/aromatic N) is 3. The Labute approximate surface area is 336 Å². The van der Waals surface area contributed by atoms with E-state index in [-0.39, 0.29) is 17.7 Å². The number of nitrogens with one attached hydrogen (secondary N) is 1. The molecule has 0 saturated carbocycles. The quantitative estimate of drug-likeness (QED) is 0.150. The highest BCUT2D eigenvalue weighted by Gasteiger charge is 2.27. The van der Waals surface area contributed by atoms with E-state index in [0.29, 0.717) is 24.7 Å². The first kappa shape index (κ1) is 39.9. The lowest BCUT2D eigenvalue weighted by molar-refractivity contribution is -0.117. The van der Waals surface area contributed by atoms with Crippen LogP contribution in [-0.4, -0.2) is 68.8 Å². The second-order valence-corrected chi connectivity index (χ2v) is 17.1. The molecule has 0 spiro atoms. The van der Waals surface area contributed by atoms with E-state index in [1.807, 2.05) is 51.2 Å². The van der Waals surface area contributed by atoms with E-state index in [1.54, 1.807) is 18.4 Å². The number of likely N-dealkylation sites (tertiary alicyclic amines) is 2. The van der Waals surface area contributed by atoms with Crippen molar-refractivity contribution in [3.05, 3.63) is 143 Å². The Balaban J connectivity index is 0.000000179. The molecule has 57 heavy (non-hydrogen) atoms. The lowest BCUT2D eigenvalue weighted by Crippen LogP contribution is -2.26.